The number of carbonyl (C=O) groups is 1. The highest BCUT2D eigenvalue weighted by Crippen LogP contribution is 2.24. The topological polar surface area (TPSA) is 102 Å². The number of carbonyl (C=O) groups excluding carboxylic acids is 1. The van der Waals surface area contributed by atoms with Crippen LogP contribution in [0.3, 0.4) is 0 Å². The van der Waals surface area contributed by atoms with Crippen LogP contribution >= 0.6 is 11.3 Å². The average Bonchev–Trinajstić information content (AvgIpc) is 2.91. The van der Waals surface area contributed by atoms with Gasteiger partial charge in [0.15, 0.2) is 10.6 Å². The molecule has 7 heteroatoms. The van der Waals surface area contributed by atoms with Gasteiger partial charge in [-0.25, -0.2) is 9.78 Å². The van der Waals surface area contributed by atoms with Gasteiger partial charge in [0.2, 0.25) is 0 Å². The summed E-state index contributed by atoms with van der Waals surface area (Å²) in [5, 5.41) is 1.98. The van der Waals surface area contributed by atoms with Crippen molar-refractivity contribution in [2.45, 2.75) is 0 Å². The minimum atomic E-state index is -0.555. The third kappa shape index (κ3) is 1.70. The molecule has 0 aliphatic rings. The van der Waals surface area contributed by atoms with Crippen LogP contribution in [0.2, 0.25) is 0 Å². The molecule has 3 N–H and O–H groups in total. The number of aromatic amines is 1. The molecule has 0 fully saturated rings. The molecule has 0 aliphatic heterocycles. The van der Waals surface area contributed by atoms with Crippen LogP contribution in [0.5, 0.6) is 0 Å². The Morgan fingerprint density at radius 1 is 1.44 bits per heavy atom. The summed E-state index contributed by atoms with van der Waals surface area (Å²) in [6, 6.07) is 5.19. The van der Waals surface area contributed by atoms with Crippen molar-refractivity contribution in [2.75, 3.05) is 0 Å². The maximum absolute atomic E-state index is 11.0. The fourth-order valence-corrected chi connectivity index (χ4v) is 2.30. The van der Waals surface area contributed by atoms with Gasteiger partial charge < -0.3 is 10.2 Å². The number of hydrogen-bond acceptors (Lipinski definition) is 5. The molecule has 0 saturated carbocycles. The number of hydrogen-bond donors (Lipinski definition) is 2. The Bertz CT molecular complexity index is 799. The van der Waals surface area contributed by atoms with E-state index < -0.39 is 11.7 Å². The van der Waals surface area contributed by atoms with Crippen molar-refractivity contribution in [3.8, 4) is 11.3 Å². The number of nitrogens with one attached hydrogen (secondary N) is 1. The van der Waals surface area contributed by atoms with Gasteiger partial charge in [-0.05, 0) is 12.1 Å². The highest BCUT2D eigenvalue weighted by molar-refractivity contribution is 7.12. The minimum Gasteiger partial charge on any atom is -0.408 e. The van der Waals surface area contributed by atoms with Crippen molar-refractivity contribution in [3.63, 3.8) is 0 Å². The highest BCUT2D eigenvalue weighted by atomic mass is 32.1. The Morgan fingerprint density at radius 3 is 3.00 bits per heavy atom. The summed E-state index contributed by atoms with van der Waals surface area (Å²) in [6.07, 6.45) is 0. The van der Waals surface area contributed by atoms with E-state index in [1.165, 1.54) is 11.3 Å². The molecule has 0 unspecified atom stereocenters. The SMILES string of the molecule is NC(=O)c1nc(-c2ccc3[nH]c(=O)oc3c2)cs1. The number of benzene rings is 1. The number of rotatable bonds is 2. The summed E-state index contributed by atoms with van der Waals surface area (Å²) < 4.78 is 4.96. The maximum atomic E-state index is 11.0. The summed E-state index contributed by atoms with van der Waals surface area (Å²) in [4.78, 5) is 28.7. The second-order valence-electron chi connectivity index (χ2n) is 3.63. The summed E-state index contributed by atoms with van der Waals surface area (Å²) in [7, 11) is 0. The van der Waals surface area contributed by atoms with Crippen LogP contribution in [0.4, 0.5) is 0 Å². The summed E-state index contributed by atoms with van der Waals surface area (Å²) in [5.74, 6) is -1.06. The van der Waals surface area contributed by atoms with E-state index >= 15 is 0 Å². The van der Waals surface area contributed by atoms with Gasteiger partial charge in [0.25, 0.3) is 5.91 Å². The second-order valence-corrected chi connectivity index (χ2v) is 4.49. The molecule has 90 valence electrons. The first-order valence-corrected chi connectivity index (χ1v) is 5.90. The predicted octanol–water partition coefficient (Wildman–Crippen LogP) is 1.34. The maximum Gasteiger partial charge on any atom is 0.417 e. The normalized spacial score (nSPS) is 10.9. The fourth-order valence-electron chi connectivity index (χ4n) is 1.62. The largest absolute Gasteiger partial charge is 0.417 e. The van der Waals surface area contributed by atoms with Crippen LogP contribution in [-0.2, 0) is 0 Å². The molecule has 3 rings (SSSR count). The second kappa shape index (κ2) is 3.81. The zero-order valence-corrected chi connectivity index (χ0v) is 9.78. The van der Waals surface area contributed by atoms with Gasteiger partial charge in [0.05, 0.1) is 11.2 Å². The zero-order chi connectivity index (χ0) is 12.7. The number of H-pyrrole nitrogens is 1. The summed E-state index contributed by atoms with van der Waals surface area (Å²) >= 11 is 1.18. The Morgan fingerprint density at radius 2 is 2.28 bits per heavy atom. The fraction of sp³-hybridized carbons (Fsp3) is 0. The van der Waals surface area contributed by atoms with Gasteiger partial charge >= 0.3 is 5.76 Å². The van der Waals surface area contributed by atoms with Crippen molar-refractivity contribution >= 4 is 28.3 Å². The van der Waals surface area contributed by atoms with Crippen molar-refractivity contribution in [3.05, 3.63) is 39.1 Å². The number of thiazole rings is 1. The number of oxazole rings is 1. The van der Waals surface area contributed by atoms with E-state index in [2.05, 4.69) is 9.97 Å². The first kappa shape index (κ1) is 10.7. The Hall–Kier alpha value is -2.41. The minimum absolute atomic E-state index is 0.251. The number of nitrogens with zero attached hydrogens (tertiary/aromatic N) is 1. The van der Waals surface area contributed by atoms with Crippen LogP contribution in [0.1, 0.15) is 9.80 Å². The van der Waals surface area contributed by atoms with E-state index in [4.69, 9.17) is 10.2 Å². The number of primary amides is 1. The van der Waals surface area contributed by atoms with E-state index in [-0.39, 0.29) is 5.01 Å². The van der Waals surface area contributed by atoms with E-state index in [0.717, 1.165) is 5.56 Å². The number of amides is 1. The van der Waals surface area contributed by atoms with Crippen LogP contribution in [0.15, 0.2) is 32.8 Å². The van der Waals surface area contributed by atoms with Crippen LogP contribution < -0.4 is 11.5 Å². The van der Waals surface area contributed by atoms with Gasteiger partial charge in [-0.3, -0.25) is 9.78 Å². The molecule has 2 aromatic heterocycles. The van der Waals surface area contributed by atoms with Gasteiger partial charge in [0.1, 0.15) is 0 Å². The molecule has 0 bridgehead atoms. The Balaban J connectivity index is 2.12. The molecule has 0 radical (unpaired) electrons. The summed E-state index contributed by atoms with van der Waals surface area (Å²) in [6.45, 7) is 0. The lowest BCUT2D eigenvalue weighted by atomic mass is 10.1. The van der Waals surface area contributed by atoms with E-state index in [1.54, 1.807) is 23.6 Å². The molecule has 18 heavy (non-hydrogen) atoms. The first-order valence-electron chi connectivity index (χ1n) is 5.02. The number of nitrogens with two attached hydrogens (primary N) is 1. The molecule has 1 amide bonds. The zero-order valence-electron chi connectivity index (χ0n) is 8.97. The van der Waals surface area contributed by atoms with Gasteiger partial charge in [0, 0.05) is 10.9 Å². The van der Waals surface area contributed by atoms with Crippen LogP contribution in [0.25, 0.3) is 22.4 Å². The molecule has 2 heterocycles. The summed E-state index contributed by atoms with van der Waals surface area (Å²) in [5.41, 5.74) is 7.60. The van der Waals surface area contributed by atoms with E-state index in [1.807, 2.05) is 0 Å². The van der Waals surface area contributed by atoms with Crippen LogP contribution in [0, 0.1) is 0 Å². The number of aromatic nitrogens is 2. The smallest absolute Gasteiger partial charge is 0.408 e. The van der Waals surface area contributed by atoms with Gasteiger partial charge in [-0.2, -0.15) is 0 Å². The standard InChI is InChI=1S/C11H7N3O3S/c12-9(15)10-13-7(4-18-10)5-1-2-6-8(3-5)17-11(16)14-6/h1-4H,(H2,12,15)(H,14,16). The Labute approximate surface area is 104 Å². The van der Waals surface area contributed by atoms with E-state index in [9.17, 15) is 9.59 Å². The molecular formula is C11H7N3O3S. The van der Waals surface area contributed by atoms with Crippen molar-refractivity contribution in [2.24, 2.45) is 5.73 Å². The van der Waals surface area contributed by atoms with Crippen molar-refractivity contribution in [1.82, 2.24) is 9.97 Å². The van der Waals surface area contributed by atoms with Crippen molar-refractivity contribution < 1.29 is 9.21 Å². The van der Waals surface area contributed by atoms with E-state index in [0.29, 0.717) is 16.8 Å². The lowest BCUT2D eigenvalue weighted by Gasteiger charge is -1.95. The van der Waals surface area contributed by atoms with Gasteiger partial charge in [-0.1, -0.05) is 6.07 Å². The number of fused-ring (bicyclic) bond motifs is 1. The van der Waals surface area contributed by atoms with Crippen LogP contribution in [-0.4, -0.2) is 15.9 Å². The predicted molar refractivity (Wildman–Crippen MR) is 66.5 cm³/mol. The molecule has 6 nitrogen and oxygen atoms in total. The molecule has 1 aromatic carbocycles. The average molecular weight is 261 g/mol. The third-order valence-corrected chi connectivity index (χ3v) is 3.29. The molecule has 0 spiro atoms. The Kier molecular flexibility index (Phi) is 2.27. The monoisotopic (exact) mass is 261 g/mol. The third-order valence-electron chi connectivity index (χ3n) is 2.43. The molecule has 3 aromatic rings. The molecule has 0 aliphatic carbocycles. The highest BCUT2D eigenvalue weighted by Gasteiger charge is 2.10. The molecule has 0 atom stereocenters. The lowest BCUT2D eigenvalue weighted by Crippen LogP contribution is -2.10. The quantitative estimate of drug-likeness (QED) is 0.726. The molecule has 0 saturated heterocycles. The first-order chi connectivity index (χ1) is 8.63. The lowest BCUT2D eigenvalue weighted by molar-refractivity contribution is 0.1000. The van der Waals surface area contributed by atoms with Crippen molar-refractivity contribution in [1.29, 1.82) is 0 Å². The molecular weight excluding hydrogens is 254 g/mol. The van der Waals surface area contributed by atoms with Gasteiger partial charge in [-0.15, -0.1) is 11.3 Å².